The average Bonchev–Trinajstić information content (AvgIpc) is 3.17. The SMILES string of the molecule is Cc1cc(C2=NOC(c3cc(Cl)cc(Cl)c3)(C(F)(F)F)C2)ccc1SCC(=O)CCC(F)(F)F. The highest BCUT2D eigenvalue weighted by molar-refractivity contribution is 8.00. The molecule has 0 bridgehead atoms. The number of carbonyl (C=O) groups excluding carboxylic acids is 1. The molecule has 0 amide bonds. The third-order valence-corrected chi connectivity index (χ3v) is 6.77. The molecular formula is C22H17Cl2F6NO2S. The molecule has 1 unspecified atom stereocenters. The highest BCUT2D eigenvalue weighted by Gasteiger charge is 2.62. The number of hydrogen-bond donors (Lipinski definition) is 0. The smallest absolute Gasteiger partial charge is 0.374 e. The van der Waals surface area contributed by atoms with Crippen molar-refractivity contribution in [2.24, 2.45) is 5.16 Å². The maximum absolute atomic E-state index is 14.1. The molecular weight excluding hydrogens is 527 g/mol. The summed E-state index contributed by atoms with van der Waals surface area (Å²) in [7, 11) is 0. The molecule has 1 aliphatic rings. The number of oxime groups is 1. The van der Waals surface area contributed by atoms with E-state index in [-0.39, 0.29) is 27.1 Å². The molecule has 1 aliphatic heterocycles. The number of nitrogens with zero attached hydrogens (tertiary/aromatic N) is 1. The Morgan fingerprint density at radius 2 is 1.74 bits per heavy atom. The van der Waals surface area contributed by atoms with Gasteiger partial charge < -0.3 is 4.84 Å². The Bertz CT molecular complexity index is 1100. The lowest BCUT2D eigenvalue weighted by Gasteiger charge is -2.29. The van der Waals surface area contributed by atoms with E-state index < -0.39 is 43.0 Å². The molecule has 0 fully saturated rings. The molecule has 0 saturated heterocycles. The van der Waals surface area contributed by atoms with E-state index in [0.29, 0.717) is 16.0 Å². The number of halogens is 8. The largest absolute Gasteiger partial charge is 0.435 e. The van der Waals surface area contributed by atoms with E-state index in [2.05, 4.69) is 5.16 Å². The summed E-state index contributed by atoms with van der Waals surface area (Å²) in [4.78, 5) is 17.3. The minimum absolute atomic E-state index is 0.0187. The highest BCUT2D eigenvalue weighted by atomic mass is 35.5. The van der Waals surface area contributed by atoms with E-state index >= 15 is 0 Å². The topological polar surface area (TPSA) is 38.7 Å². The number of ketones is 1. The van der Waals surface area contributed by atoms with Crippen LogP contribution < -0.4 is 0 Å². The Morgan fingerprint density at radius 3 is 2.29 bits per heavy atom. The molecule has 12 heteroatoms. The van der Waals surface area contributed by atoms with Gasteiger partial charge in [0, 0.05) is 33.3 Å². The highest BCUT2D eigenvalue weighted by Crippen LogP contribution is 2.49. The summed E-state index contributed by atoms with van der Waals surface area (Å²) >= 11 is 12.9. The van der Waals surface area contributed by atoms with E-state index in [4.69, 9.17) is 28.0 Å². The number of Topliss-reactive ketones (excluding diaryl/α,β-unsaturated/α-hetero) is 1. The first-order valence-corrected chi connectivity index (χ1v) is 11.5. The summed E-state index contributed by atoms with van der Waals surface area (Å²) in [5.74, 6) is -0.693. The number of aryl methyl sites for hydroxylation is 1. The molecule has 0 aromatic heterocycles. The molecule has 2 aromatic carbocycles. The van der Waals surface area contributed by atoms with Gasteiger partial charge >= 0.3 is 12.4 Å². The van der Waals surface area contributed by atoms with Crippen molar-refractivity contribution in [3.8, 4) is 0 Å². The lowest BCUT2D eigenvalue weighted by Crippen LogP contribution is -2.42. The second kappa shape index (κ2) is 9.99. The zero-order valence-electron chi connectivity index (χ0n) is 17.5. The Hall–Kier alpha value is -1.91. The van der Waals surface area contributed by atoms with Gasteiger partial charge in [-0.2, -0.15) is 26.3 Å². The second-order valence-electron chi connectivity index (χ2n) is 7.71. The van der Waals surface area contributed by atoms with E-state index in [1.807, 2.05) is 0 Å². The van der Waals surface area contributed by atoms with Gasteiger partial charge in [0.1, 0.15) is 5.78 Å². The minimum atomic E-state index is -4.83. The Kier molecular flexibility index (Phi) is 7.84. The molecule has 0 saturated carbocycles. The van der Waals surface area contributed by atoms with Gasteiger partial charge in [0.2, 0.25) is 0 Å². The third-order valence-electron chi connectivity index (χ3n) is 5.10. The predicted molar refractivity (Wildman–Crippen MR) is 119 cm³/mol. The van der Waals surface area contributed by atoms with Crippen molar-refractivity contribution in [3.63, 3.8) is 0 Å². The van der Waals surface area contributed by atoms with Gasteiger partial charge in [-0.15, -0.1) is 11.8 Å². The van der Waals surface area contributed by atoms with Gasteiger partial charge in [-0.1, -0.05) is 34.4 Å². The van der Waals surface area contributed by atoms with Crippen LogP contribution in [0.1, 0.15) is 36.0 Å². The van der Waals surface area contributed by atoms with Crippen molar-refractivity contribution in [1.82, 2.24) is 0 Å². The summed E-state index contributed by atoms with van der Waals surface area (Å²) in [6.45, 7) is 1.68. The molecule has 0 spiro atoms. The summed E-state index contributed by atoms with van der Waals surface area (Å²) in [6.07, 6.45) is -11.6. The van der Waals surface area contributed by atoms with Crippen LogP contribution in [-0.2, 0) is 15.2 Å². The maximum atomic E-state index is 14.1. The van der Waals surface area contributed by atoms with Crippen molar-refractivity contribution >= 4 is 46.5 Å². The number of alkyl halides is 6. The number of thioether (sulfide) groups is 1. The van der Waals surface area contributed by atoms with E-state index in [9.17, 15) is 31.1 Å². The number of carbonyl (C=O) groups is 1. The molecule has 34 heavy (non-hydrogen) atoms. The van der Waals surface area contributed by atoms with Gasteiger partial charge in [0.15, 0.2) is 0 Å². The normalized spacial score (nSPS) is 18.6. The minimum Gasteiger partial charge on any atom is -0.374 e. The standard InChI is InChI=1S/C22H17Cl2F6NO2S/c1-12-6-13(2-3-19(12)34-11-17(32)4-5-21(25,26)27)18-10-20(33-31-18,22(28,29)30)14-7-15(23)9-16(24)8-14/h2-3,6-9H,4-5,10-11H2,1H3. The van der Waals surface area contributed by atoms with E-state index in [1.165, 1.54) is 12.1 Å². The Labute approximate surface area is 205 Å². The van der Waals surface area contributed by atoms with Crippen LogP contribution in [0.25, 0.3) is 0 Å². The van der Waals surface area contributed by atoms with Crippen molar-refractivity contribution in [2.75, 3.05) is 5.75 Å². The first-order chi connectivity index (χ1) is 15.7. The molecule has 2 aromatic rings. The van der Waals surface area contributed by atoms with Crippen LogP contribution >= 0.6 is 35.0 Å². The van der Waals surface area contributed by atoms with Crippen LogP contribution in [0.5, 0.6) is 0 Å². The van der Waals surface area contributed by atoms with Crippen molar-refractivity contribution in [1.29, 1.82) is 0 Å². The Morgan fingerprint density at radius 1 is 1.09 bits per heavy atom. The first kappa shape index (κ1) is 26.7. The average molecular weight is 544 g/mol. The lowest BCUT2D eigenvalue weighted by atomic mass is 9.86. The number of benzene rings is 2. The molecule has 3 nitrogen and oxygen atoms in total. The summed E-state index contributed by atoms with van der Waals surface area (Å²) in [6, 6.07) is 8.25. The van der Waals surface area contributed by atoms with Gasteiger partial charge in [0.05, 0.1) is 17.9 Å². The lowest BCUT2D eigenvalue weighted by molar-refractivity contribution is -0.275. The van der Waals surface area contributed by atoms with Gasteiger partial charge in [-0.25, -0.2) is 0 Å². The number of hydrogen-bond acceptors (Lipinski definition) is 4. The van der Waals surface area contributed by atoms with Crippen LogP contribution in [0.2, 0.25) is 10.0 Å². The van der Waals surface area contributed by atoms with Crippen LogP contribution in [0.4, 0.5) is 26.3 Å². The summed E-state index contributed by atoms with van der Waals surface area (Å²) in [5, 5.41) is 3.73. The second-order valence-corrected chi connectivity index (χ2v) is 9.60. The summed E-state index contributed by atoms with van der Waals surface area (Å²) < 4.78 is 79.1. The van der Waals surface area contributed by atoms with E-state index in [0.717, 1.165) is 23.9 Å². The fourth-order valence-corrected chi connectivity index (χ4v) is 4.79. The Balaban J connectivity index is 1.76. The van der Waals surface area contributed by atoms with Crippen LogP contribution in [0.15, 0.2) is 46.4 Å². The van der Waals surface area contributed by atoms with Gasteiger partial charge in [-0.05, 0) is 48.4 Å². The predicted octanol–water partition coefficient (Wildman–Crippen LogP) is 7.89. The molecule has 184 valence electrons. The zero-order valence-corrected chi connectivity index (χ0v) is 19.8. The quantitative estimate of drug-likeness (QED) is 0.263. The molecule has 1 atom stereocenters. The molecule has 0 N–H and O–H groups in total. The maximum Gasteiger partial charge on any atom is 0.435 e. The van der Waals surface area contributed by atoms with Gasteiger partial charge in [0.25, 0.3) is 5.60 Å². The number of rotatable bonds is 7. The molecule has 3 rings (SSSR count). The van der Waals surface area contributed by atoms with Crippen LogP contribution in [-0.4, -0.2) is 29.6 Å². The fourth-order valence-electron chi connectivity index (χ4n) is 3.35. The third kappa shape index (κ3) is 6.20. The fraction of sp³-hybridized carbons (Fsp3) is 0.364. The summed E-state index contributed by atoms with van der Waals surface area (Å²) in [5.41, 5.74) is -1.98. The van der Waals surface area contributed by atoms with Crippen LogP contribution in [0.3, 0.4) is 0 Å². The monoisotopic (exact) mass is 543 g/mol. The van der Waals surface area contributed by atoms with Gasteiger partial charge in [-0.3, -0.25) is 4.79 Å². The van der Waals surface area contributed by atoms with Crippen molar-refractivity contribution in [2.45, 2.75) is 49.0 Å². The van der Waals surface area contributed by atoms with Crippen molar-refractivity contribution < 1.29 is 36.0 Å². The molecule has 0 aliphatic carbocycles. The molecule has 0 radical (unpaired) electrons. The molecule has 1 heterocycles. The van der Waals surface area contributed by atoms with E-state index in [1.54, 1.807) is 19.1 Å². The van der Waals surface area contributed by atoms with Crippen molar-refractivity contribution in [3.05, 3.63) is 63.1 Å². The zero-order chi connectivity index (χ0) is 25.3. The first-order valence-electron chi connectivity index (χ1n) is 9.81. The van der Waals surface area contributed by atoms with Crippen LogP contribution in [0, 0.1) is 6.92 Å².